The number of carbonyl (C=O) groups excluding carboxylic acids is 1. The van der Waals surface area contributed by atoms with Gasteiger partial charge in [-0.25, -0.2) is 4.98 Å². The third-order valence-electron chi connectivity index (χ3n) is 4.28. The van der Waals surface area contributed by atoms with E-state index in [2.05, 4.69) is 15.4 Å². The molecule has 0 unspecified atom stereocenters. The van der Waals surface area contributed by atoms with Crippen LogP contribution in [0.4, 0.5) is 5.82 Å². The average molecular weight is 337 g/mol. The zero-order valence-electron chi connectivity index (χ0n) is 15.1. The molecule has 0 aliphatic heterocycles. The van der Waals surface area contributed by atoms with Gasteiger partial charge in [0.05, 0.1) is 5.69 Å². The minimum atomic E-state index is -0.0484. The molecule has 0 spiro atoms. The fraction of sp³-hybridized carbons (Fsp3) is 0.316. The Morgan fingerprint density at radius 3 is 2.52 bits per heavy atom. The molecule has 0 saturated carbocycles. The number of nitrogens with zero attached hydrogens (tertiary/aromatic N) is 4. The van der Waals surface area contributed by atoms with E-state index in [0.29, 0.717) is 13.0 Å². The quantitative estimate of drug-likeness (QED) is 0.777. The van der Waals surface area contributed by atoms with Crippen LogP contribution >= 0.6 is 0 Å². The van der Waals surface area contributed by atoms with E-state index in [4.69, 9.17) is 0 Å². The third kappa shape index (κ3) is 3.63. The van der Waals surface area contributed by atoms with Gasteiger partial charge in [0.2, 0.25) is 5.91 Å². The maximum Gasteiger partial charge on any atom is 0.227 e. The lowest BCUT2D eigenvalue weighted by Crippen LogP contribution is -2.17. The maximum absolute atomic E-state index is 12.5. The van der Waals surface area contributed by atoms with Crippen LogP contribution in [-0.2, 0) is 18.4 Å². The number of carbonyl (C=O) groups is 1. The number of hydrogen-bond donors (Lipinski definition) is 1. The molecule has 1 N–H and O–H groups in total. The summed E-state index contributed by atoms with van der Waals surface area (Å²) in [6, 6.07) is 11.9. The maximum atomic E-state index is 12.5. The zero-order chi connectivity index (χ0) is 18.0. The van der Waals surface area contributed by atoms with E-state index in [0.717, 1.165) is 34.3 Å². The molecule has 6 nitrogen and oxygen atoms in total. The molecular weight excluding hydrogens is 314 g/mol. The van der Waals surface area contributed by atoms with Crippen LogP contribution in [-0.4, -0.2) is 25.2 Å². The van der Waals surface area contributed by atoms with Gasteiger partial charge in [0.15, 0.2) is 0 Å². The van der Waals surface area contributed by atoms with Crippen molar-refractivity contribution in [2.45, 2.75) is 33.7 Å². The standard InChI is InChI=1S/C19H23N5O/c1-13-12-14(2)24(22-13)11-10-17(25)21-19-18(20-15(3)23(19)4)16-8-6-5-7-9-16/h5-9,12H,10-11H2,1-4H3,(H,21,25). The number of nitrogens with one attached hydrogen (secondary N) is 1. The van der Waals surface area contributed by atoms with Crippen LogP contribution < -0.4 is 5.32 Å². The van der Waals surface area contributed by atoms with Crippen LogP contribution in [0.1, 0.15) is 23.6 Å². The molecule has 1 aromatic carbocycles. The second kappa shape index (κ2) is 6.93. The first-order chi connectivity index (χ1) is 12.0. The average Bonchev–Trinajstić information content (AvgIpc) is 3.06. The highest BCUT2D eigenvalue weighted by atomic mass is 16.1. The van der Waals surface area contributed by atoms with Gasteiger partial charge in [-0.2, -0.15) is 5.10 Å². The molecule has 3 aromatic rings. The molecule has 0 radical (unpaired) electrons. The van der Waals surface area contributed by atoms with Crippen molar-refractivity contribution in [2.24, 2.45) is 7.05 Å². The molecule has 0 aliphatic rings. The summed E-state index contributed by atoms with van der Waals surface area (Å²) >= 11 is 0. The minimum Gasteiger partial charge on any atom is -0.318 e. The van der Waals surface area contributed by atoms with Gasteiger partial charge in [-0.15, -0.1) is 0 Å². The Hall–Kier alpha value is -2.89. The van der Waals surface area contributed by atoms with Crippen LogP contribution in [0.15, 0.2) is 36.4 Å². The summed E-state index contributed by atoms with van der Waals surface area (Å²) < 4.78 is 3.77. The van der Waals surface area contributed by atoms with Gasteiger partial charge in [-0.3, -0.25) is 9.48 Å². The van der Waals surface area contributed by atoms with Crippen molar-refractivity contribution in [1.82, 2.24) is 19.3 Å². The second-order valence-corrected chi connectivity index (χ2v) is 6.23. The fourth-order valence-electron chi connectivity index (χ4n) is 2.85. The topological polar surface area (TPSA) is 64.7 Å². The van der Waals surface area contributed by atoms with Gasteiger partial charge in [0.1, 0.15) is 17.3 Å². The van der Waals surface area contributed by atoms with E-state index in [1.54, 1.807) is 0 Å². The molecule has 2 aromatic heterocycles. The first kappa shape index (κ1) is 17.0. The summed E-state index contributed by atoms with van der Waals surface area (Å²) in [6.07, 6.45) is 0.362. The summed E-state index contributed by atoms with van der Waals surface area (Å²) in [4.78, 5) is 17.1. The van der Waals surface area contributed by atoms with E-state index >= 15 is 0 Å². The Morgan fingerprint density at radius 2 is 1.88 bits per heavy atom. The summed E-state index contributed by atoms with van der Waals surface area (Å²) in [5.74, 6) is 1.53. The fourth-order valence-corrected chi connectivity index (χ4v) is 2.85. The Labute approximate surface area is 147 Å². The van der Waals surface area contributed by atoms with Crippen molar-refractivity contribution in [2.75, 3.05) is 5.32 Å². The molecule has 0 fully saturated rings. The number of amides is 1. The first-order valence-corrected chi connectivity index (χ1v) is 8.35. The number of hydrogen-bond acceptors (Lipinski definition) is 3. The molecule has 1 amide bonds. The lowest BCUT2D eigenvalue weighted by molar-refractivity contribution is -0.116. The van der Waals surface area contributed by atoms with Gasteiger partial charge in [0.25, 0.3) is 0 Å². The molecule has 25 heavy (non-hydrogen) atoms. The Balaban J connectivity index is 1.76. The van der Waals surface area contributed by atoms with Crippen LogP contribution in [0.25, 0.3) is 11.3 Å². The molecule has 0 atom stereocenters. The third-order valence-corrected chi connectivity index (χ3v) is 4.28. The lowest BCUT2D eigenvalue weighted by atomic mass is 10.1. The van der Waals surface area contributed by atoms with Crippen molar-refractivity contribution in [3.63, 3.8) is 0 Å². The Kier molecular flexibility index (Phi) is 4.70. The van der Waals surface area contributed by atoms with Crippen molar-refractivity contribution in [1.29, 1.82) is 0 Å². The van der Waals surface area contributed by atoms with Crippen molar-refractivity contribution >= 4 is 11.7 Å². The van der Waals surface area contributed by atoms with E-state index in [1.165, 1.54) is 0 Å². The van der Waals surface area contributed by atoms with Gasteiger partial charge < -0.3 is 9.88 Å². The number of anilines is 1. The molecule has 0 bridgehead atoms. The lowest BCUT2D eigenvalue weighted by Gasteiger charge is -2.10. The number of imidazole rings is 1. The predicted octanol–water partition coefficient (Wildman–Crippen LogP) is 3.24. The summed E-state index contributed by atoms with van der Waals surface area (Å²) in [6.45, 7) is 6.44. The smallest absolute Gasteiger partial charge is 0.227 e. The van der Waals surface area contributed by atoms with Crippen molar-refractivity contribution in [3.05, 3.63) is 53.6 Å². The first-order valence-electron chi connectivity index (χ1n) is 8.35. The SMILES string of the molecule is Cc1cc(C)n(CCC(=O)Nc2c(-c3ccccc3)nc(C)n2C)n1. The summed E-state index contributed by atoms with van der Waals surface area (Å²) in [7, 11) is 1.91. The number of aromatic nitrogens is 4. The molecule has 6 heteroatoms. The summed E-state index contributed by atoms with van der Waals surface area (Å²) in [5, 5.41) is 7.41. The van der Waals surface area contributed by atoms with E-state index < -0.39 is 0 Å². The Morgan fingerprint density at radius 1 is 1.16 bits per heavy atom. The van der Waals surface area contributed by atoms with E-state index in [-0.39, 0.29) is 5.91 Å². The van der Waals surface area contributed by atoms with Gasteiger partial charge in [0, 0.05) is 31.3 Å². The van der Waals surface area contributed by atoms with Crippen LogP contribution in [0.2, 0.25) is 0 Å². The molecule has 0 aliphatic carbocycles. The number of rotatable bonds is 5. The Bertz CT molecular complexity index is 892. The minimum absolute atomic E-state index is 0.0484. The highest BCUT2D eigenvalue weighted by Gasteiger charge is 2.16. The largest absolute Gasteiger partial charge is 0.318 e. The summed E-state index contributed by atoms with van der Waals surface area (Å²) in [5.41, 5.74) is 3.80. The monoisotopic (exact) mass is 337 g/mol. The molecule has 3 rings (SSSR count). The van der Waals surface area contributed by atoms with Gasteiger partial charge in [-0.05, 0) is 26.8 Å². The second-order valence-electron chi connectivity index (χ2n) is 6.23. The van der Waals surface area contributed by atoms with Gasteiger partial charge >= 0.3 is 0 Å². The highest BCUT2D eigenvalue weighted by molar-refractivity contribution is 5.93. The van der Waals surface area contributed by atoms with Crippen LogP contribution in [0.3, 0.4) is 0 Å². The van der Waals surface area contributed by atoms with E-state index in [1.807, 2.05) is 73.5 Å². The highest BCUT2D eigenvalue weighted by Crippen LogP contribution is 2.27. The van der Waals surface area contributed by atoms with Crippen molar-refractivity contribution < 1.29 is 4.79 Å². The molecule has 0 saturated heterocycles. The zero-order valence-corrected chi connectivity index (χ0v) is 15.1. The number of benzene rings is 1. The molecule has 2 heterocycles. The van der Waals surface area contributed by atoms with Crippen LogP contribution in [0, 0.1) is 20.8 Å². The van der Waals surface area contributed by atoms with E-state index in [9.17, 15) is 4.79 Å². The predicted molar refractivity (Wildman–Crippen MR) is 98.3 cm³/mol. The van der Waals surface area contributed by atoms with Crippen LogP contribution in [0.5, 0.6) is 0 Å². The molecule has 130 valence electrons. The van der Waals surface area contributed by atoms with Crippen molar-refractivity contribution in [3.8, 4) is 11.3 Å². The van der Waals surface area contributed by atoms with Gasteiger partial charge in [-0.1, -0.05) is 30.3 Å². The molecular formula is C19H23N5O. The normalized spacial score (nSPS) is 10.9. The number of aryl methyl sites for hydroxylation is 4.